The van der Waals surface area contributed by atoms with Gasteiger partial charge in [0, 0.05) is 11.0 Å². The molecule has 20 heavy (non-hydrogen) atoms. The van der Waals surface area contributed by atoms with Gasteiger partial charge in [-0.1, -0.05) is 52.3 Å². The molecule has 2 rings (SSSR count). The van der Waals surface area contributed by atoms with Crippen LogP contribution in [0.4, 0.5) is 0 Å². The van der Waals surface area contributed by atoms with E-state index in [0.717, 1.165) is 33.9 Å². The summed E-state index contributed by atoms with van der Waals surface area (Å²) >= 11 is 4.91. The van der Waals surface area contributed by atoms with Crippen LogP contribution in [-0.4, -0.2) is 16.7 Å². The van der Waals surface area contributed by atoms with Gasteiger partial charge in [0.1, 0.15) is 10.8 Å². The largest absolute Gasteiger partial charge is 0.429 e. The molecule has 0 saturated carbocycles. The maximum Gasteiger partial charge on any atom is 0.299 e. The first-order valence-corrected chi connectivity index (χ1v) is 8.12. The van der Waals surface area contributed by atoms with Crippen molar-refractivity contribution >= 4 is 27.3 Å². The summed E-state index contributed by atoms with van der Waals surface area (Å²) in [6, 6.07) is 5.93. The lowest BCUT2D eigenvalue weighted by molar-refractivity contribution is 0.469. The zero-order chi connectivity index (χ0) is 14.5. The standard InChI is InChI=1S/C14H18BrN3OS/c1-9(2)7-16-8-13-17-18-14(20-13)19-12-6-11(15)5-4-10(12)3/h4-6,9,16H,7-8H2,1-3H3. The van der Waals surface area contributed by atoms with Crippen molar-refractivity contribution in [1.29, 1.82) is 0 Å². The summed E-state index contributed by atoms with van der Waals surface area (Å²) in [5.74, 6) is 1.43. The molecule has 0 aliphatic heterocycles. The van der Waals surface area contributed by atoms with E-state index in [4.69, 9.17) is 4.74 Å². The Bertz CT molecular complexity index is 571. The van der Waals surface area contributed by atoms with Gasteiger partial charge in [-0.3, -0.25) is 0 Å². The van der Waals surface area contributed by atoms with E-state index in [1.54, 1.807) is 0 Å². The summed E-state index contributed by atoms with van der Waals surface area (Å²) < 4.78 is 6.77. The maximum absolute atomic E-state index is 5.79. The summed E-state index contributed by atoms with van der Waals surface area (Å²) in [4.78, 5) is 0. The van der Waals surface area contributed by atoms with Gasteiger partial charge in [-0.05, 0) is 37.1 Å². The molecule has 0 fully saturated rings. The summed E-state index contributed by atoms with van der Waals surface area (Å²) in [5.41, 5.74) is 1.07. The normalized spacial score (nSPS) is 11.1. The number of aromatic nitrogens is 2. The second-order valence-corrected chi connectivity index (χ2v) is 6.94. The van der Waals surface area contributed by atoms with Gasteiger partial charge in [-0.15, -0.1) is 5.10 Å². The third-order valence-electron chi connectivity index (χ3n) is 2.62. The Hall–Kier alpha value is -0.980. The molecule has 0 radical (unpaired) electrons. The van der Waals surface area contributed by atoms with E-state index in [1.807, 2.05) is 25.1 Å². The molecule has 0 unspecified atom stereocenters. The molecule has 6 heteroatoms. The molecule has 1 N–H and O–H groups in total. The molecule has 1 aromatic carbocycles. The van der Waals surface area contributed by atoms with Crippen LogP contribution >= 0.6 is 27.3 Å². The minimum absolute atomic E-state index is 0.576. The van der Waals surface area contributed by atoms with E-state index < -0.39 is 0 Å². The van der Waals surface area contributed by atoms with Crippen LogP contribution in [0.15, 0.2) is 22.7 Å². The Morgan fingerprint density at radius 2 is 2.15 bits per heavy atom. The van der Waals surface area contributed by atoms with E-state index >= 15 is 0 Å². The van der Waals surface area contributed by atoms with Gasteiger partial charge in [0.05, 0.1) is 0 Å². The Morgan fingerprint density at radius 3 is 2.90 bits per heavy atom. The number of benzene rings is 1. The van der Waals surface area contributed by atoms with Crippen molar-refractivity contribution in [3.05, 3.63) is 33.2 Å². The zero-order valence-corrected chi connectivity index (χ0v) is 14.2. The van der Waals surface area contributed by atoms with Crippen LogP contribution in [0.1, 0.15) is 24.4 Å². The van der Waals surface area contributed by atoms with E-state index in [1.165, 1.54) is 11.3 Å². The summed E-state index contributed by atoms with van der Waals surface area (Å²) in [5, 5.41) is 13.1. The third-order valence-corrected chi connectivity index (χ3v) is 3.92. The Kier molecular flexibility index (Phi) is 5.51. The van der Waals surface area contributed by atoms with Gasteiger partial charge < -0.3 is 10.1 Å². The first-order valence-electron chi connectivity index (χ1n) is 6.51. The summed E-state index contributed by atoms with van der Waals surface area (Å²) in [6.45, 7) is 8.07. The molecule has 0 atom stereocenters. The Balaban J connectivity index is 1.97. The van der Waals surface area contributed by atoms with E-state index in [2.05, 4.69) is 45.3 Å². The fourth-order valence-electron chi connectivity index (χ4n) is 1.60. The highest BCUT2D eigenvalue weighted by Gasteiger charge is 2.08. The van der Waals surface area contributed by atoms with Gasteiger partial charge in [0.25, 0.3) is 5.19 Å². The molecule has 4 nitrogen and oxygen atoms in total. The van der Waals surface area contributed by atoms with Crippen LogP contribution in [-0.2, 0) is 6.54 Å². The van der Waals surface area contributed by atoms with Crippen molar-refractivity contribution in [3.8, 4) is 10.9 Å². The van der Waals surface area contributed by atoms with Crippen molar-refractivity contribution in [1.82, 2.24) is 15.5 Å². The highest BCUT2D eigenvalue weighted by Crippen LogP contribution is 2.29. The van der Waals surface area contributed by atoms with Crippen molar-refractivity contribution in [2.24, 2.45) is 5.92 Å². The summed E-state index contributed by atoms with van der Waals surface area (Å²) in [6.07, 6.45) is 0. The van der Waals surface area contributed by atoms with Crippen molar-refractivity contribution in [2.75, 3.05) is 6.54 Å². The Labute approximate surface area is 131 Å². The van der Waals surface area contributed by atoms with E-state index in [9.17, 15) is 0 Å². The van der Waals surface area contributed by atoms with Gasteiger partial charge in [-0.25, -0.2) is 0 Å². The number of aryl methyl sites for hydroxylation is 1. The molecule has 0 spiro atoms. The number of hydrogen-bond donors (Lipinski definition) is 1. The molecule has 1 aromatic heterocycles. The minimum Gasteiger partial charge on any atom is -0.429 e. The van der Waals surface area contributed by atoms with Crippen LogP contribution in [0.2, 0.25) is 0 Å². The average Bonchev–Trinajstić information content (AvgIpc) is 2.81. The molecule has 108 valence electrons. The lowest BCUT2D eigenvalue weighted by atomic mass is 10.2. The number of nitrogens with one attached hydrogen (secondary N) is 1. The lowest BCUT2D eigenvalue weighted by Gasteiger charge is -2.05. The van der Waals surface area contributed by atoms with E-state index in [0.29, 0.717) is 11.1 Å². The maximum atomic E-state index is 5.79. The molecule has 0 aliphatic rings. The molecule has 0 aliphatic carbocycles. The van der Waals surface area contributed by atoms with Crippen molar-refractivity contribution < 1.29 is 4.74 Å². The molecular weight excluding hydrogens is 338 g/mol. The number of hydrogen-bond acceptors (Lipinski definition) is 5. The Morgan fingerprint density at radius 1 is 1.35 bits per heavy atom. The van der Waals surface area contributed by atoms with Crippen molar-refractivity contribution in [3.63, 3.8) is 0 Å². The highest BCUT2D eigenvalue weighted by atomic mass is 79.9. The second kappa shape index (κ2) is 7.15. The predicted octanol–water partition coefficient (Wildman–Crippen LogP) is 4.15. The van der Waals surface area contributed by atoms with E-state index in [-0.39, 0.29) is 0 Å². The van der Waals surface area contributed by atoms with Crippen molar-refractivity contribution in [2.45, 2.75) is 27.3 Å². The SMILES string of the molecule is Cc1ccc(Br)cc1Oc1nnc(CNCC(C)C)s1. The molecule has 0 bridgehead atoms. The number of ether oxygens (including phenoxy) is 1. The van der Waals surface area contributed by atoms with Gasteiger partial charge in [0.15, 0.2) is 0 Å². The molecule has 0 amide bonds. The molecule has 1 heterocycles. The summed E-state index contributed by atoms with van der Waals surface area (Å²) in [7, 11) is 0. The fraction of sp³-hybridized carbons (Fsp3) is 0.429. The van der Waals surface area contributed by atoms with Crippen LogP contribution in [0.25, 0.3) is 0 Å². The molecule has 0 saturated heterocycles. The lowest BCUT2D eigenvalue weighted by Crippen LogP contribution is -2.18. The first kappa shape index (κ1) is 15.4. The first-order chi connectivity index (χ1) is 9.54. The van der Waals surface area contributed by atoms with Gasteiger partial charge in [-0.2, -0.15) is 0 Å². The average molecular weight is 356 g/mol. The number of nitrogens with zero attached hydrogens (tertiary/aromatic N) is 2. The van der Waals surface area contributed by atoms with Crippen LogP contribution in [0, 0.1) is 12.8 Å². The smallest absolute Gasteiger partial charge is 0.299 e. The van der Waals surface area contributed by atoms with Gasteiger partial charge in [0.2, 0.25) is 0 Å². The number of halogens is 1. The van der Waals surface area contributed by atoms with Gasteiger partial charge >= 0.3 is 0 Å². The monoisotopic (exact) mass is 355 g/mol. The predicted molar refractivity (Wildman–Crippen MR) is 85.4 cm³/mol. The van der Waals surface area contributed by atoms with Crippen LogP contribution in [0.5, 0.6) is 10.9 Å². The molecular formula is C14H18BrN3OS. The third kappa shape index (κ3) is 4.54. The number of rotatable bonds is 6. The fourth-order valence-corrected chi connectivity index (χ4v) is 2.61. The molecule has 2 aromatic rings. The van der Waals surface area contributed by atoms with Crippen LogP contribution in [0.3, 0.4) is 0 Å². The second-order valence-electron chi connectivity index (χ2n) is 5.00. The zero-order valence-electron chi connectivity index (χ0n) is 11.8. The topological polar surface area (TPSA) is 47.0 Å². The van der Waals surface area contributed by atoms with Crippen LogP contribution < -0.4 is 10.1 Å². The minimum atomic E-state index is 0.576. The quantitative estimate of drug-likeness (QED) is 0.845. The highest BCUT2D eigenvalue weighted by molar-refractivity contribution is 9.10.